The van der Waals surface area contributed by atoms with E-state index >= 15 is 0 Å². The van der Waals surface area contributed by atoms with Gasteiger partial charge in [0.2, 0.25) is 0 Å². The molecule has 0 spiro atoms. The predicted molar refractivity (Wildman–Crippen MR) is 335 cm³/mol. The van der Waals surface area contributed by atoms with Gasteiger partial charge in [-0.15, -0.1) is 0 Å². The van der Waals surface area contributed by atoms with Crippen LogP contribution in [-0.4, -0.2) is 37.2 Å². The fourth-order valence-corrected chi connectivity index (χ4v) is 11.0. The fraction of sp³-hybridized carbons (Fsp3) is 0.930. The number of esters is 3. The summed E-state index contributed by atoms with van der Waals surface area (Å²) in [6.45, 7) is 6.72. The van der Waals surface area contributed by atoms with Gasteiger partial charge in [0, 0.05) is 19.3 Å². The molecule has 0 saturated heterocycles. The Balaban J connectivity index is 4.21. The number of carbonyl (C=O) groups is 3. The molecule has 0 amide bonds. The Morgan fingerprint density at radius 3 is 0.649 bits per heavy atom. The van der Waals surface area contributed by atoms with Crippen LogP contribution in [0, 0.1) is 0 Å². The zero-order valence-electron chi connectivity index (χ0n) is 52.5. The Morgan fingerprint density at radius 1 is 0.247 bits per heavy atom. The molecule has 0 aromatic rings. The normalized spacial score (nSPS) is 12.0. The van der Waals surface area contributed by atoms with Crippen LogP contribution in [-0.2, 0) is 28.6 Å². The van der Waals surface area contributed by atoms with Gasteiger partial charge >= 0.3 is 17.9 Å². The molecule has 456 valence electrons. The first-order valence-corrected chi connectivity index (χ1v) is 35.2. The van der Waals surface area contributed by atoms with Crippen LogP contribution in [0.5, 0.6) is 0 Å². The second-order valence-corrected chi connectivity index (χ2v) is 24.2. The van der Waals surface area contributed by atoms with E-state index in [1.165, 1.54) is 302 Å². The molecule has 0 N–H and O–H groups in total. The van der Waals surface area contributed by atoms with Crippen LogP contribution in [0.4, 0.5) is 0 Å². The Morgan fingerprint density at radius 2 is 0.429 bits per heavy atom. The molecule has 0 aliphatic heterocycles. The second-order valence-electron chi connectivity index (χ2n) is 24.2. The number of unbranched alkanes of at least 4 members (excludes halogenated alkanes) is 53. The molecule has 1 atom stereocenters. The van der Waals surface area contributed by atoms with Crippen molar-refractivity contribution in [3.63, 3.8) is 0 Å². The molecule has 0 radical (unpaired) electrons. The van der Waals surface area contributed by atoms with E-state index in [2.05, 4.69) is 32.9 Å². The second kappa shape index (κ2) is 66.7. The maximum absolute atomic E-state index is 12.9. The monoisotopic (exact) mass is 1090 g/mol. The van der Waals surface area contributed by atoms with Crippen LogP contribution in [0.3, 0.4) is 0 Å². The highest BCUT2D eigenvalue weighted by molar-refractivity contribution is 5.71. The van der Waals surface area contributed by atoms with Crippen LogP contribution in [0.15, 0.2) is 12.2 Å². The molecule has 0 rings (SSSR count). The largest absolute Gasteiger partial charge is 0.462 e. The average molecular weight is 1090 g/mol. The fourth-order valence-electron chi connectivity index (χ4n) is 11.0. The van der Waals surface area contributed by atoms with Gasteiger partial charge in [-0.2, -0.15) is 0 Å². The number of ether oxygens (including phenoxy) is 3. The van der Waals surface area contributed by atoms with Gasteiger partial charge in [-0.1, -0.05) is 354 Å². The minimum absolute atomic E-state index is 0.0656. The lowest BCUT2D eigenvalue weighted by molar-refractivity contribution is -0.167. The highest BCUT2D eigenvalue weighted by atomic mass is 16.6. The molecule has 6 heteroatoms. The molecule has 0 saturated carbocycles. The third-order valence-corrected chi connectivity index (χ3v) is 16.3. The number of allylic oxidation sites excluding steroid dienone is 2. The Kier molecular flexibility index (Phi) is 65.1. The van der Waals surface area contributed by atoms with Gasteiger partial charge < -0.3 is 14.2 Å². The van der Waals surface area contributed by atoms with Crippen LogP contribution >= 0.6 is 0 Å². The van der Waals surface area contributed by atoms with E-state index in [4.69, 9.17) is 14.2 Å². The zero-order chi connectivity index (χ0) is 55.7. The minimum atomic E-state index is -0.769. The van der Waals surface area contributed by atoms with Gasteiger partial charge in [0.1, 0.15) is 13.2 Å². The zero-order valence-corrected chi connectivity index (χ0v) is 52.5. The summed E-state index contributed by atoms with van der Waals surface area (Å²) in [7, 11) is 0. The quantitative estimate of drug-likeness (QED) is 0.0261. The molecule has 0 aliphatic carbocycles. The van der Waals surface area contributed by atoms with E-state index in [0.717, 1.165) is 64.2 Å². The molecule has 0 aromatic carbocycles. The highest BCUT2D eigenvalue weighted by Crippen LogP contribution is 2.19. The van der Waals surface area contributed by atoms with E-state index in [9.17, 15) is 14.4 Å². The summed E-state index contributed by atoms with van der Waals surface area (Å²) >= 11 is 0. The van der Waals surface area contributed by atoms with E-state index in [-0.39, 0.29) is 31.1 Å². The van der Waals surface area contributed by atoms with Crippen molar-refractivity contribution >= 4 is 17.9 Å². The van der Waals surface area contributed by atoms with Crippen molar-refractivity contribution in [2.75, 3.05) is 13.2 Å². The Labute approximate surface area is 481 Å². The number of carbonyl (C=O) groups excluding carboxylic acids is 3. The van der Waals surface area contributed by atoms with Crippen molar-refractivity contribution in [2.24, 2.45) is 0 Å². The molecule has 6 nitrogen and oxygen atoms in total. The van der Waals surface area contributed by atoms with E-state index < -0.39 is 6.10 Å². The predicted octanol–water partition coefficient (Wildman–Crippen LogP) is 24.0. The molecule has 0 heterocycles. The maximum atomic E-state index is 12.9. The van der Waals surface area contributed by atoms with Gasteiger partial charge in [-0.3, -0.25) is 14.4 Å². The molecule has 0 bridgehead atoms. The molecule has 77 heavy (non-hydrogen) atoms. The lowest BCUT2D eigenvalue weighted by Crippen LogP contribution is -2.30. The maximum Gasteiger partial charge on any atom is 0.306 e. The van der Waals surface area contributed by atoms with Crippen LogP contribution in [0.1, 0.15) is 406 Å². The first-order valence-electron chi connectivity index (χ1n) is 35.2. The van der Waals surface area contributed by atoms with Gasteiger partial charge in [0.15, 0.2) is 6.10 Å². The van der Waals surface area contributed by atoms with Crippen LogP contribution in [0.25, 0.3) is 0 Å². The smallest absolute Gasteiger partial charge is 0.306 e. The SMILES string of the molecule is CCCCCCCC/C=C\CCCCCCCC(=O)OCC(COC(=O)CCCCCCCCCCCCCCCCCCCCCCCCCCCC)OC(=O)CCCCCCCCCCCCCCCCCCCC. The first kappa shape index (κ1) is 75.2. The van der Waals surface area contributed by atoms with Gasteiger partial charge in [0.25, 0.3) is 0 Å². The standard InChI is InChI=1S/C71H136O6/c1-4-7-10-13-16-19-22-25-28-30-32-33-34-35-36-37-38-39-41-43-46-49-52-55-58-61-64-70(73)76-67-68(66-75-69(72)63-60-57-54-51-48-45-42-27-24-21-18-15-12-9-6-3)77-71(74)65-62-59-56-53-50-47-44-40-31-29-26-23-20-17-14-11-8-5-2/h27,42,68H,4-26,28-41,43-67H2,1-3H3/b42-27-. The summed E-state index contributed by atoms with van der Waals surface area (Å²) < 4.78 is 17.0. The van der Waals surface area contributed by atoms with Crippen LogP contribution < -0.4 is 0 Å². The Bertz CT molecular complexity index is 1200. The lowest BCUT2D eigenvalue weighted by atomic mass is 10.0. The first-order chi connectivity index (χ1) is 38.0. The molecule has 0 fully saturated rings. The van der Waals surface area contributed by atoms with Crippen LogP contribution in [0.2, 0.25) is 0 Å². The third-order valence-electron chi connectivity index (χ3n) is 16.3. The van der Waals surface area contributed by atoms with Gasteiger partial charge in [-0.05, 0) is 44.9 Å². The summed E-state index contributed by atoms with van der Waals surface area (Å²) in [6.07, 6.45) is 79.6. The summed E-state index contributed by atoms with van der Waals surface area (Å²) in [5, 5.41) is 0. The summed E-state index contributed by atoms with van der Waals surface area (Å²) in [6, 6.07) is 0. The van der Waals surface area contributed by atoms with E-state index in [0.29, 0.717) is 19.3 Å². The van der Waals surface area contributed by atoms with Crippen molar-refractivity contribution < 1.29 is 28.6 Å². The number of rotatable bonds is 66. The van der Waals surface area contributed by atoms with Crippen molar-refractivity contribution in [3.05, 3.63) is 12.2 Å². The van der Waals surface area contributed by atoms with Crippen molar-refractivity contribution in [1.82, 2.24) is 0 Å². The molecular formula is C71H136O6. The summed E-state index contributed by atoms with van der Waals surface area (Å²) in [4.78, 5) is 38.4. The Hall–Kier alpha value is -1.85. The van der Waals surface area contributed by atoms with E-state index in [1.54, 1.807) is 0 Å². The number of hydrogen-bond acceptors (Lipinski definition) is 6. The van der Waals surface area contributed by atoms with Crippen molar-refractivity contribution in [2.45, 2.75) is 412 Å². The summed E-state index contributed by atoms with van der Waals surface area (Å²) in [5.41, 5.74) is 0. The molecule has 0 aromatic heterocycles. The van der Waals surface area contributed by atoms with E-state index in [1.807, 2.05) is 0 Å². The third kappa shape index (κ3) is 64.9. The average Bonchev–Trinajstić information content (AvgIpc) is 3.43. The topological polar surface area (TPSA) is 78.9 Å². The van der Waals surface area contributed by atoms with Crippen molar-refractivity contribution in [1.29, 1.82) is 0 Å². The molecule has 1 unspecified atom stereocenters. The molecular weight excluding hydrogens is 949 g/mol. The highest BCUT2D eigenvalue weighted by Gasteiger charge is 2.19. The molecule has 0 aliphatic rings. The van der Waals surface area contributed by atoms with Gasteiger partial charge in [-0.25, -0.2) is 0 Å². The van der Waals surface area contributed by atoms with Gasteiger partial charge in [0.05, 0.1) is 0 Å². The number of hydrogen-bond donors (Lipinski definition) is 0. The summed E-state index contributed by atoms with van der Waals surface area (Å²) in [5.74, 6) is -0.839. The van der Waals surface area contributed by atoms with Crippen molar-refractivity contribution in [3.8, 4) is 0 Å². The minimum Gasteiger partial charge on any atom is -0.462 e. The lowest BCUT2D eigenvalue weighted by Gasteiger charge is -2.18.